The van der Waals surface area contributed by atoms with Gasteiger partial charge in [-0.15, -0.1) is 0 Å². The molecular formula is C8H11ClO. The Morgan fingerprint density at radius 1 is 1.70 bits per heavy atom. The van der Waals surface area contributed by atoms with Crippen LogP contribution in [0.1, 0.15) is 19.8 Å². The Hall–Kier alpha value is -0.300. The van der Waals surface area contributed by atoms with Crippen molar-refractivity contribution in [2.45, 2.75) is 19.8 Å². The molecule has 2 heteroatoms. The molecule has 0 radical (unpaired) electrons. The van der Waals surface area contributed by atoms with Gasteiger partial charge < -0.3 is 0 Å². The lowest BCUT2D eigenvalue weighted by Gasteiger charge is -2.19. The molecule has 0 N–H and O–H groups in total. The summed E-state index contributed by atoms with van der Waals surface area (Å²) in [7, 11) is 0. The van der Waals surface area contributed by atoms with Crippen LogP contribution in [0.2, 0.25) is 0 Å². The largest absolute Gasteiger partial charge is 0.281 e. The second-order valence-corrected chi connectivity index (χ2v) is 3.15. The summed E-state index contributed by atoms with van der Waals surface area (Å²) in [5, 5.41) is -0.183. The highest BCUT2D eigenvalue weighted by atomic mass is 35.5. The van der Waals surface area contributed by atoms with Crippen molar-refractivity contribution in [3.05, 3.63) is 12.2 Å². The van der Waals surface area contributed by atoms with E-state index in [1.54, 1.807) is 0 Å². The molecule has 0 heterocycles. The molecule has 0 saturated heterocycles. The summed E-state index contributed by atoms with van der Waals surface area (Å²) in [5.74, 6) is 0.394. The SMILES string of the molecule is CC1C=CCCC1C(=O)Cl. The van der Waals surface area contributed by atoms with Gasteiger partial charge in [0.2, 0.25) is 5.24 Å². The van der Waals surface area contributed by atoms with E-state index in [-0.39, 0.29) is 11.2 Å². The molecule has 1 rings (SSSR count). The second kappa shape index (κ2) is 3.20. The summed E-state index contributed by atoms with van der Waals surface area (Å²) in [6, 6.07) is 0. The number of rotatable bonds is 1. The second-order valence-electron chi connectivity index (χ2n) is 2.78. The van der Waals surface area contributed by atoms with Crippen molar-refractivity contribution in [3.8, 4) is 0 Å². The number of carbonyl (C=O) groups is 1. The summed E-state index contributed by atoms with van der Waals surface area (Å²) in [6.45, 7) is 2.03. The highest BCUT2D eigenvalue weighted by Gasteiger charge is 2.22. The smallest absolute Gasteiger partial charge is 0.225 e. The molecule has 0 spiro atoms. The molecule has 2 atom stereocenters. The van der Waals surface area contributed by atoms with Crippen LogP contribution >= 0.6 is 11.6 Å². The molecule has 1 nitrogen and oxygen atoms in total. The van der Waals surface area contributed by atoms with Gasteiger partial charge in [-0.25, -0.2) is 0 Å². The summed E-state index contributed by atoms with van der Waals surface area (Å²) < 4.78 is 0. The summed E-state index contributed by atoms with van der Waals surface area (Å²) >= 11 is 5.38. The molecule has 1 aliphatic rings. The first-order valence-electron chi connectivity index (χ1n) is 3.58. The molecular weight excluding hydrogens is 148 g/mol. The quantitative estimate of drug-likeness (QED) is 0.423. The molecule has 0 aromatic rings. The van der Waals surface area contributed by atoms with E-state index >= 15 is 0 Å². The molecule has 2 unspecified atom stereocenters. The predicted molar refractivity (Wildman–Crippen MR) is 41.9 cm³/mol. The molecule has 0 aliphatic heterocycles. The van der Waals surface area contributed by atoms with E-state index in [0.29, 0.717) is 5.92 Å². The Morgan fingerprint density at radius 2 is 2.40 bits per heavy atom. The number of hydrogen-bond donors (Lipinski definition) is 0. The molecule has 0 bridgehead atoms. The average molecular weight is 159 g/mol. The van der Waals surface area contributed by atoms with E-state index in [0.717, 1.165) is 12.8 Å². The molecule has 10 heavy (non-hydrogen) atoms. The van der Waals surface area contributed by atoms with Gasteiger partial charge in [0.15, 0.2) is 0 Å². The van der Waals surface area contributed by atoms with Crippen molar-refractivity contribution >= 4 is 16.8 Å². The maximum Gasteiger partial charge on any atom is 0.225 e. The summed E-state index contributed by atoms with van der Waals surface area (Å²) in [6.07, 6.45) is 6.09. The average Bonchev–Trinajstić information content (AvgIpc) is 1.88. The van der Waals surface area contributed by atoms with Crippen LogP contribution in [0.15, 0.2) is 12.2 Å². The Balaban J connectivity index is 2.60. The highest BCUT2D eigenvalue weighted by Crippen LogP contribution is 2.25. The monoisotopic (exact) mass is 158 g/mol. The van der Waals surface area contributed by atoms with Crippen LogP contribution in [0, 0.1) is 11.8 Å². The maximum absolute atomic E-state index is 10.7. The van der Waals surface area contributed by atoms with Crippen LogP contribution in [0.3, 0.4) is 0 Å². The number of allylic oxidation sites excluding steroid dienone is 2. The molecule has 0 amide bonds. The van der Waals surface area contributed by atoms with Crippen molar-refractivity contribution < 1.29 is 4.79 Å². The standard InChI is InChI=1S/C8H11ClO/c1-6-4-2-3-5-7(6)8(9)10/h2,4,6-7H,3,5H2,1H3. The predicted octanol–water partition coefficient (Wildman–Crippen LogP) is 2.35. The Labute approximate surface area is 66.1 Å². The molecule has 0 fully saturated rings. The fourth-order valence-electron chi connectivity index (χ4n) is 1.30. The van der Waals surface area contributed by atoms with Gasteiger partial charge in [-0.2, -0.15) is 0 Å². The van der Waals surface area contributed by atoms with Gasteiger partial charge in [0, 0.05) is 5.92 Å². The number of carbonyl (C=O) groups excluding carboxylic acids is 1. The third-order valence-corrected chi connectivity index (χ3v) is 2.29. The minimum atomic E-state index is -0.183. The Kier molecular flexibility index (Phi) is 2.50. The lowest BCUT2D eigenvalue weighted by Crippen LogP contribution is -2.18. The zero-order valence-corrected chi connectivity index (χ0v) is 6.77. The lowest BCUT2D eigenvalue weighted by atomic mass is 9.86. The van der Waals surface area contributed by atoms with Gasteiger partial charge in [-0.05, 0) is 30.4 Å². The van der Waals surface area contributed by atoms with Crippen molar-refractivity contribution in [2.24, 2.45) is 11.8 Å². The van der Waals surface area contributed by atoms with Crippen LogP contribution < -0.4 is 0 Å². The fraction of sp³-hybridized carbons (Fsp3) is 0.625. The Morgan fingerprint density at radius 3 is 2.80 bits per heavy atom. The van der Waals surface area contributed by atoms with Gasteiger partial charge >= 0.3 is 0 Å². The summed E-state index contributed by atoms with van der Waals surface area (Å²) in [4.78, 5) is 10.7. The van der Waals surface area contributed by atoms with Crippen molar-refractivity contribution in [2.75, 3.05) is 0 Å². The van der Waals surface area contributed by atoms with Crippen molar-refractivity contribution in [1.82, 2.24) is 0 Å². The Bertz CT molecular complexity index is 163. The minimum absolute atomic E-state index is 0.0617. The lowest BCUT2D eigenvalue weighted by molar-refractivity contribution is -0.116. The first kappa shape index (κ1) is 7.80. The van der Waals surface area contributed by atoms with Crippen LogP contribution in [-0.4, -0.2) is 5.24 Å². The van der Waals surface area contributed by atoms with Crippen LogP contribution in [0.5, 0.6) is 0 Å². The fourth-order valence-corrected chi connectivity index (χ4v) is 1.61. The third-order valence-electron chi connectivity index (χ3n) is 2.01. The topological polar surface area (TPSA) is 17.1 Å². The normalized spacial score (nSPS) is 32.2. The van der Waals surface area contributed by atoms with Crippen LogP contribution in [-0.2, 0) is 4.79 Å². The number of hydrogen-bond acceptors (Lipinski definition) is 1. The van der Waals surface area contributed by atoms with Crippen LogP contribution in [0.4, 0.5) is 0 Å². The van der Waals surface area contributed by atoms with Gasteiger partial charge in [0.25, 0.3) is 0 Å². The van der Waals surface area contributed by atoms with Gasteiger partial charge in [0.1, 0.15) is 0 Å². The molecule has 0 aromatic heterocycles. The van der Waals surface area contributed by atoms with E-state index in [4.69, 9.17) is 11.6 Å². The zero-order chi connectivity index (χ0) is 7.56. The van der Waals surface area contributed by atoms with E-state index < -0.39 is 0 Å². The van der Waals surface area contributed by atoms with Gasteiger partial charge in [-0.3, -0.25) is 4.79 Å². The first-order chi connectivity index (χ1) is 4.72. The maximum atomic E-state index is 10.7. The van der Waals surface area contributed by atoms with Crippen molar-refractivity contribution in [1.29, 1.82) is 0 Å². The first-order valence-corrected chi connectivity index (χ1v) is 3.95. The zero-order valence-electron chi connectivity index (χ0n) is 6.01. The van der Waals surface area contributed by atoms with E-state index in [9.17, 15) is 4.79 Å². The van der Waals surface area contributed by atoms with E-state index in [1.807, 2.05) is 6.92 Å². The van der Waals surface area contributed by atoms with Gasteiger partial charge in [0.05, 0.1) is 0 Å². The molecule has 0 saturated carbocycles. The highest BCUT2D eigenvalue weighted by molar-refractivity contribution is 6.64. The van der Waals surface area contributed by atoms with Gasteiger partial charge in [-0.1, -0.05) is 19.1 Å². The van der Waals surface area contributed by atoms with Crippen LogP contribution in [0.25, 0.3) is 0 Å². The van der Waals surface area contributed by atoms with E-state index in [2.05, 4.69) is 12.2 Å². The molecule has 56 valence electrons. The minimum Gasteiger partial charge on any atom is -0.281 e. The third kappa shape index (κ3) is 1.60. The van der Waals surface area contributed by atoms with E-state index in [1.165, 1.54) is 0 Å². The molecule has 1 aliphatic carbocycles. The summed E-state index contributed by atoms with van der Waals surface area (Å²) in [5.41, 5.74) is 0. The van der Waals surface area contributed by atoms with Crippen molar-refractivity contribution in [3.63, 3.8) is 0 Å². The number of halogens is 1. The molecule has 0 aromatic carbocycles.